The molecule has 1 aromatic carbocycles. The summed E-state index contributed by atoms with van der Waals surface area (Å²) in [6, 6.07) is 8.47. The lowest BCUT2D eigenvalue weighted by Crippen LogP contribution is -2.32. The smallest absolute Gasteiger partial charge is 0.0883 e. The molecule has 0 radical (unpaired) electrons. The average molecular weight is 208 g/mol. The lowest BCUT2D eigenvalue weighted by Gasteiger charge is -2.25. The molecule has 1 aromatic rings. The number of hydrogen-bond acceptors (Lipinski definition) is 2. The van der Waals surface area contributed by atoms with Crippen molar-refractivity contribution in [1.82, 2.24) is 0 Å². The second-order valence-electron chi connectivity index (χ2n) is 4.30. The second-order valence-corrected chi connectivity index (χ2v) is 4.30. The number of aryl methyl sites for hydroxylation is 2. The monoisotopic (exact) mass is 208 g/mol. The summed E-state index contributed by atoms with van der Waals surface area (Å²) in [5.41, 5.74) is 2.15. The highest BCUT2D eigenvalue weighted by Gasteiger charge is 2.21. The summed E-state index contributed by atoms with van der Waals surface area (Å²) >= 11 is 0. The number of ether oxygens (including phenoxy) is 1. The molecule has 15 heavy (non-hydrogen) atoms. The predicted molar refractivity (Wildman–Crippen MR) is 62.0 cm³/mol. The van der Waals surface area contributed by atoms with E-state index in [0.29, 0.717) is 0 Å². The van der Waals surface area contributed by atoms with E-state index >= 15 is 0 Å². The van der Waals surface area contributed by atoms with Crippen LogP contribution in [0, 0.1) is 6.92 Å². The number of rotatable bonds is 5. The molecule has 0 spiro atoms. The molecule has 0 fully saturated rings. The summed E-state index contributed by atoms with van der Waals surface area (Å²) in [5, 5.41) is 9.18. The Morgan fingerprint density at radius 1 is 1.27 bits per heavy atom. The van der Waals surface area contributed by atoms with Crippen molar-refractivity contribution in [2.75, 3.05) is 13.7 Å². The number of aliphatic hydroxyl groups excluding tert-OH is 1. The molecule has 2 nitrogen and oxygen atoms in total. The normalized spacial score (nSPS) is 14.9. The van der Waals surface area contributed by atoms with Crippen molar-refractivity contribution in [3.63, 3.8) is 0 Å². The van der Waals surface area contributed by atoms with Crippen LogP contribution in [-0.2, 0) is 11.2 Å². The number of benzene rings is 1. The van der Waals surface area contributed by atoms with E-state index < -0.39 is 5.60 Å². The van der Waals surface area contributed by atoms with Crippen LogP contribution < -0.4 is 0 Å². The van der Waals surface area contributed by atoms with Crippen LogP contribution in [0.3, 0.4) is 0 Å². The molecular formula is C13H20O2. The maximum absolute atomic E-state index is 9.18. The highest BCUT2D eigenvalue weighted by molar-refractivity contribution is 5.21. The van der Waals surface area contributed by atoms with Gasteiger partial charge in [-0.05, 0) is 32.3 Å². The third kappa shape index (κ3) is 3.65. The average Bonchev–Trinajstić information content (AvgIpc) is 2.28. The van der Waals surface area contributed by atoms with E-state index in [0.717, 1.165) is 12.8 Å². The van der Waals surface area contributed by atoms with E-state index in [4.69, 9.17) is 4.74 Å². The van der Waals surface area contributed by atoms with Crippen molar-refractivity contribution in [3.8, 4) is 0 Å². The number of aliphatic hydroxyl groups is 1. The van der Waals surface area contributed by atoms with E-state index in [1.807, 2.05) is 6.92 Å². The lowest BCUT2D eigenvalue weighted by atomic mass is 9.97. The Morgan fingerprint density at radius 3 is 2.33 bits per heavy atom. The van der Waals surface area contributed by atoms with Gasteiger partial charge < -0.3 is 9.84 Å². The molecule has 84 valence electrons. The molecule has 1 rings (SSSR count). The molecule has 0 amide bonds. The van der Waals surface area contributed by atoms with Gasteiger partial charge in [0.1, 0.15) is 0 Å². The maximum Gasteiger partial charge on any atom is 0.0883 e. The molecule has 1 unspecified atom stereocenters. The third-order valence-electron chi connectivity index (χ3n) is 2.89. The van der Waals surface area contributed by atoms with E-state index in [-0.39, 0.29) is 6.61 Å². The fraction of sp³-hybridized carbons (Fsp3) is 0.538. The van der Waals surface area contributed by atoms with Gasteiger partial charge in [-0.3, -0.25) is 0 Å². The molecule has 0 aliphatic carbocycles. The van der Waals surface area contributed by atoms with E-state index in [2.05, 4.69) is 31.2 Å². The summed E-state index contributed by atoms with van der Waals surface area (Å²) in [6.45, 7) is 4.08. The Kier molecular flexibility index (Phi) is 4.30. The topological polar surface area (TPSA) is 29.5 Å². The van der Waals surface area contributed by atoms with Gasteiger partial charge in [0.15, 0.2) is 0 Å². The molecule has 0 aliphatic rings. The molecule has 0 heterocycles. The van der Waals surface area contributed by atoms with Gasteiger partial charge in [0.05, 0.1) is 12.2 Å². The van der Waals surface area contributed by atoms with Crippen molar-refractivity contribution in [1.29, 1.82) is 0 Å². The van der Waals surface area contributed by atoms with Crippen LogP contribution in [0.5, 0.6) is 0 Å². The third-order valence-corrected chi connectivity index (χ3v) is 2.89. The van der Waals surface area contributed by atoms with Gasteiger partial charge >= 0.3 is 0 Å². The highest BCUT2D eigenvalue weighted by atomic mass is 16.5. The van der Waals surface area contributed by atoms with E-state index in [9.17, 15) is 5.11 Å². The van der Waals surface area contributed by atoms with E-state index in [1.54, 1.807) is 7.11 Å². The van der Waals surface area contributed by atoms with Crippen LogP contribution in [-0.4, -0.2) is 24.4 Å². The first-order valence-corrected chi connectivity index (χ1v) is 5.31. The fourth-order valence-corrected chi connectivity index (χ4v) is 1.41. The molecule has 0 saturated heterocycles. The largest absolute Gasteiger partial charge is 0.393 e. The highest BCUT2D eigenvalue weighted by Crippen LogP contribution is 2.17. The van der Waals surface area contributed by atoms with Gasteiger partial charge in [-0.15, -0.1) is 0 Å². The van der Waals surface area contributed by atoms with Crippen molar-refractivity contribution >= 4 is 0 Å². The van der Waals surface area contributed by atoms with Crippen LogP contribution in [0.15, 0.2) is 24.3 Å². The van der Waals surface area contributed by atoms with Gasteiger partial charge in [-0.1, -0.05) is 29.8 Å². The SMILES string of the molecule is COC(C)(CO)CCc1ccc(C)cc1. The number of methoxy groups -OCH3 is 1. The van der Waals surface area contributed by atoms with E-state index in [1.165, 1.54) is 11.1 Å². The molecular weight excluding hydrogens is 188 g/mol. The van der Waals surface area contributed by atoms with Crippen LogP contribution in [0.1, 0.15) is 24.5 Å². The summed E-state index contributed by atoms with van der Waals surface area (Å²) in [6.07, 6.45) is 1.77. The standard InChI is InChI=1S/C13H20O2/c1-11-4-6-12(7-5-11)8-9-13(2,10-14)15-3/h4-7,14H,8-10H2,1-3H3. The molecule has 0 aromatic heterocycles. The molecule has 0 aliphatic heterocycles. The minimum atomic E-state index is -0.412. The first-order valence-electron chi connectivity index (χ1n) is 5.31. The van der Waals surface area contributed by atoms with Crippen LogP contribution in [0.2, 0.25) is 0 Å². The van der Waals surface area contributed by atoms with Crippen LogP contribution in [0.4, 0.5) is 0 Å². The molecule has 0 bridgehead atoms. The van der Waals surface area contributed by atoms with Crippen molar-refractivity contribution in [2.45, 2.75) is 32.3 Å². The summed E-state index contributed by atoms with van der Waals surface area (Å²) < 4.78 is 5.28. The van der Waals surface area contributed by atoms with Crippen LogP contribution in [0.25, 0.3) is 0 Å². The Morgan fingerprint density at radius 2 is 1.87 bits per heavy atom. The maximum atomic E-state index is 9.18. The van der Waals surface area contributed by atoms with Gasteiger partial charge in [0.2, 0.25) is 0 Å². The fourth-order valence-electron chi connectivity index (χ4n) is 1.41. The predicted octanol–water partition coefficient (Wildman–Crippen LogP) is 2.33. The zero-order chi connectivity index (χ0) is 11.3. The molecule has 0 saturated carbocycles. The Labute approximate surface area is 91.9 Å². The van der Waals surface area contributed by atoms with Gasteiger partial charge in [0, 0.05) is 7.11 Å². The first-order chi connectivity index (χ1) is 7.09. The first kappa shape index (κ1) is 12.2. The van der Waals surface area contributed by atoms with Gasteiger partial charge in [0.25, 0.3) is 0 Å². The number of hydrogen-bond donors (Lipinski definition) is 1. The van der Waals surface area contributed by atoms with Crippen molar-refractivity contribution in [3.05, 3.63) is 35.4 Å². The minimum absolute atomic E-state index is 0.0648. The van der Waals surface area contributed by atoms with Crippen molar-refractivity contribution < 1.29 is 9.84 Å². The molecule has 1 N–H and O–H groups in total. The summed E-state index contributed by atoms with van der Waals surface area (Å²) in [5.74, 6) is 0. The second kappa shape index (κ2) is 5.29. The summed E-state index contributed by atoms with van der Waals surface area (Å²) in [4.78, 5) is 0. The molecule has 1 atom stereocenters. The van der Waals surface area contributed by atoms with Crippen LogP contribution >= 0.6 is 0 Å². The van der Waals surface area contributed by atoms with Gasteiger partial charge in [-0.25, -0.2) is 0 Å². The quantitative estimate of drug-likeness (QED) is 0.804. The minimum Gasteiger partial charge on any atom is -0.393 e. The Bertz CT molecular complexity index is 286. The molecule has 2 heteroatoms. The summed E-state index contributed by atoms with van der Waals surface area (Å²) in [7, 11) is 1.64. The van der Waals surface area contributed by atoms with Crippen molar-refractivity contribution in [2.24, 2.45) is 0 Å². The Balaban J connectivity index is 2.53. The van der Waals surface area contributed by atoms with Gasteiger partial charge in [-0.2, -0.15) is 0 Å². The Hall–Kier alpha value is -0.860. The lowest BCUT2D eigenvalue weighted by molar-refractivity contribution is -0.0429. The zero-order valence-electron chi connectivity index (χ0n) is 9.79. The zero-order valence-corrected chi connectivity index (χ0v) is 9.79.